The van der Waals surface area contributed by atoms with Crippen LogP contribution in [0.25, 0.3) is 22.6 Å². The van der Waals surface area contributed by atoms with Gasteiger partial charge in [0, 0.05) is 32.3 Å². The highest BCUT2D eigenvalue weighted by Crippen LogP contribution is 2.26. The van der Waals surface area contributed by atoms with Crippen molar-refractivity contribution in [2.75, 3.05) is 6.61 Å². The molecule has 4 aromatic rings. The van der Waals surface area contributed by atoms with E-state index >= 15 is 0 Å². The van der Waals surface area contributed by atoms with E-state index in [-0.39, 0.29) is 18.7 Å². The Morgan fingerprint density at radius 2 is 1.75 bits per heavy atom. The van der Waals surface area contributed by atoms with E-state index in [0.717, 1.165) is 11.1 Å². The Morgan fingerprint density at radius 3 is 2.44 bits per heavy atom. The number of nitrogens with zero attached hydrogens (tertiary/aromatic N) is 4. The summed E-state index contributed by atoms with van der Waals surface area (Å²) in [5, 5.41) is 9.22. The van der Waals surface area contributed by atoms with Crippen molar-refractivity contribution in [3.8, 4) is 11.4 Å². The molecule has 0 aliphatic rings. The summed E-state index contributed by atoms with van der Waals surface area (Å²) in [5.74, 6) is 1.00. The standard InChI is InChI=1S/C25H28N4O3/c1-17(2)19-11-7-12-20(15-19)22-26-23-21(29(22)16-18-9-5-4-6-10-18)24(31)28(13-8-14-30)25(32)27(23)3/h4-7,9-12,15,17,30H,8,13-14,16H2,1-3H3. The fourth-order valence-electron chi connectivity index (χ4n) is 3.97. The Bertz CT molecular complexity index is 1360. The Morgan fingerprint density at radius 1 is 1.00 bits per heavy atom. The van der Waals surface area contributed by atoms with Gasteiger partial charge in [0.05, 0.1) is 0 Å². The van der Waals surface area contributed by atoms with E-state index in [1.807, 2.05) is 47.0 Å². The van der Waals surface area contributed by atoms with Crippen molar-refractivity contribution in [2.24, 2.45) is 7.05 Å². The molecule has 0 fully saturated rings. The van der Waals surface area contributed by atoms with E-state index in [2.05, 4.69) is 26.0 Å². The highest BCUT2D eigenvalue weighted by Gasteiger charge is 2.21. The Labute approximate surface area is 186 Å². The molecule has 0 aliphatic carbocycles. The minimum absolute atomic E-state index is 0.0931. The van der Waals surface area contributed by atoms with Crippen LogP contribution >= 0.6 is 0 Å². The van der Waals surface area contributed by atoms with E-state index in [9.17, 15) is 14.7 Å². The third kappa shape index (κ3) is 3.91. The fraction of sp³-hybridized carbons (Fsp3) is 0.320. The molecule has 1 N–H and O–H groups in total. The molecule has 2 heterocycles. The summed E-state index contributed by atoms with van der Waals surface area (Å²) in [4.78, 5) is 31.1. The van der Waals surface area contributed by atoms with E-state index in [1.165, 1.54) is 14.7 Å². The lowest BCUT2D eigenvalue weighted by atomic mass is 10.0. The largest absolute Gasteiger partial charge is 0.396 e. The molecule has 0 unspecified atom stereocenters. The lowest BCUT2D eigenvalue weighted by molar-refractivity contribution is 0.277. The number of imidazole rings is 1. The minimum atomic E-state index is -0.428. The second kappa shape index (κ2) is 8.96. The number of aryl methyl sites for hydroxylation is 1. The van der Waals surface area contributed by atoms with Gasteiger partial charge in [-0.15, -0.1) is 0 Å². The summed E-state index contributed by atoms with van der Waals surface area (Å²) < 4.78 is 4.52. The fourth-order valence-corrected chi connectivity index (χ4v) is 3.97. The molecule has 0 aliphatic heterocycles. The number of aromatic nitrogens is 4. The lowest BCUT2D eigenvalue weighted by Crippen LogP contribution is -2.39. The van der Waals surface area contributed by atoms with Crippen molar-refractivity contribution in [3.05, 3.63) is 86.6 Å². The van der Waals surface area contributed by atoms with Crippen LogP contribution in [0.1, 0.15) is 37.3 Å². The van der Waals surface area contributed by atoms with Crippen LogP contribution in [0.5, 0.6) is 0 Å². The molecule has 7 nitrogen and oxygen atoms in total. The topological polar surface area (TPSA) is 82.1 Å². The molecule has 166 valence electrons. The molecule has 7 heteroatoms. The molecule has 0 amide bonds. The number of aliphatic hydroxyl groups is 1. The normalized spacial score (nSPS) is 11.5. The number of benzene rings is 2. The molecule has 0 bridgehead atoms. The first kappa shape index (κ1) is 21.8. The molecular formula is C25H28N4O3. The van der Waals surface area contributed by atoms with Gasteiger partial charge in [0.15, 0.2) is 11.2 Å². The quantitative estimate of drug-likeness (QED) is 0.487. The van der Waals surface area contributed by atoms with Crippen molar-refractivity contribution in [1.29, 1.82) is 0 Å². The summed E-state index contributed by atoms with van der Waals surface area (Å²) in [6, 6.07) is 18.0. The SMILES string of the molecule is CC(C)c1cccc(-c2nc3c(c(=O)n(CCCO)c(=O)n3C)n2Cc2ccccc2)c1. The summed E-state index contributed by atoms with van der Waals surface area (Å²) in [5.41, 5.74) is 3.05. The van der Waals surface area contributed by atoms with Crippen molar-refractivity contribution in [2.45, 2.75) is 39.3 Å². The third-order valence-electron chi connectivity index (χ3n) is 5.77. The maximum Gasteiger partial charge on any atom is 0.332 e. The minimum Gasteiger partial charge on any atom is -0.396 e. The van der Waals surface area contributed by atoms with Crippen molar-refractivity contribution >= 4 is 11.2 Å². The van der Waals surface area contributed by atoms with Crippen LogP contribution in [0.4, 0.5) is 0 Å². The smallest absolute Gasteiger partial charge is 0.332 e. The van der Waals surface area contributed by atoms with Crippen LogP contribution in [0.15, 0.2) is 64.2 Å². The van der Waals surface area contributed by atoms with Crippen LogP contribution in [-0.2, 0) is 20.1 Å². The van der Waals surface area contributed by atoms with Gasteiger partial charge in [0.1, 0.15) is 5.82 Å². The first-order valence-electron chi connectivity index (χ1n) is 10.9. The van der Waals surface area contributed by atoms with Gasteiger partial charge in [-0.1, -0.05) is 62.4 Å². The summed E-state index contributed by atoms with van der Waals surface area (Å²) >= 11 is 0. The van der Waals surface area contributed by atoms with Crippen molar-refractivity contribution < 1.29 is 5.11 Å². The predicted molar refractivity (Wildman–Crippen MR) is 126 cm³/mol. The number of fused-ring (bicyclic) bond motifs is 1. The maximum absolute atomic E-state index is 13.4. The highest BCUT2D eigenvalue weighted by molar-refractivity contribution is 5.77. The first-order valence-corrected chi connectivity index (χ1v) is 10.9. The molecule has 2 aromatic heterocycles. The van der Waals surface area contributed by atoms with Gasteiger partial charge in [-0.05, 0) is 29.5 Å². The Hall–Kier alpha value is -3.45. The summed E-state index contributed by atoms with van der Waals surface area (Å²) in [7, 11) is 1.63. The van der Waals surface area contributed by atoms with E-state index in [4.69, 9.17) is 4.98 Å². The Balaban J connectivity index is 2.03. The van der Waals surface area contributed by atoms with E-state index in [0.29, 0.717) is 35.9 Å². The molecule has 0 saturated heterocycles. The molecular weight excluding hydrogens is 404 g/mol. The molecule has 0 radical (unpaired) electrons. The van der Waals surface area contributed by atoms with Gasteiger partial charge in [-0.25, -0.2) is 9.78 Å². The van der Waals surface area contributed by atoms with Gasteiger partial charge in [0.2, 0.25) is 0 Å². The zero-order valence-electron chi connectivity index (χ0n) is 18.7. The molecule has 0 atom stereocenters. The average molecular weight is 433 g/mol. The van der Waals surface area contributed by atoms with Crippen molar-refractivity contribution in [3.63, 3.8) is 0 Å². The van der Waals surface area contributed by atoms with E-state index in [1.54, 1.807) is 7.05 Å². The summed E-state index contributed by atoms with van der Waals surface area (Å²) in [6.07, 6.45) is 0.330. The lowest BCUT2D eigenvalue weighted by Gasteiger charge is -2.12. The molecule has 0 spiro atoms. The van der Waals surface area contributed by atoms with Crippen LogP contribution < -0.4 is 11.2 Å². The second-order valence-electron chi connectivity index (χ2n) is 8.34. The summed E-state index contributed by atoms with van der Waals surface area (Å²) in [6.45, 7) is 4.79. The van der Waals surface area contributed by atoms with Crippen LogP contribution in [0.2, 0.25) is 0 Å². The van der Waals surface area contributed by atoms with Crippen LogP contribution in [-0.4, -0.2) is 30.4 Å². The highest BCUT2D eigenvalue weighted by atomic mass is 16.3. The molecule has 32 heavy (non-hydrogen) atoms. The molecule has 4 rings (SSSR count). The van der Waals surface area contributed by atoms with Gasteiger partial charge in [-0.3, -0.25) is 13.9 Å². The number of hydrogen-bond donors (Lipinski definition) is 1. The zero-order valence-corrected chi connectivity index (χ0v) is 18.7. The number of aliphatic hydroxyl groups excluding tert-OH is 1. The Kier molecular flexibility index (Phi) is 6.10. The van der Waals surface area contributed by atoms with Gasteiger partial charge in [0.25, 0.3) is 5.56 Å². The van der Waals surface area contributed by atoms with Crippen molar-refractivity contribution in [1.82, 2.24) is 18.7 Å². The predicted octanol–water partition coefficient (Wildman–Crippen LogP) is 3.12. The van der Waals surface area contributed by atoms with Crippen LogP contribution in [0.3, 0.4) is 0 Å². The molecule has 2 aromatic carbocycles. The second-order valence-corrected chi connectivity index (χ2v) is 8.34. The van der Waals surface area contributed by atoms with E-state index < -0.39 is 5.69 Å². The van der Waals surface area contributed by atoms with Gasteiger partial charge >= 0.3 is 5.69 Å². The third-order valence-corrected chi connectivity index (χ3v) is 5.77. The first-order chi connectivity index (χ1) is 15.4. The van der Waals surface area contributed by atoms with Gasteiger partial charge < -0.3 is 9.67 Å². The van der Waals surface area contributed by atoms with Crippen LogP contribution in [0, 0.1) is 0 Å². The van der Waals surface area contributed by atoms with Gasteiger partial charge in [-0.2, -0.15) is 0 Å². The number of rotatable bonds is 7. The maximum atomic E-state index is 13.4. The number of hydrogen-bond acceptors (Lipinski definition) is 4. The zero-order chi connectivity index (χ0) is 22.8. The molecule has 0 saturated carbocycles. The monoisotopic (exact) mass is 432 g/mol. The average Bonchev–Trinajstić information content (AvgIpc) is 3.18.